The van der Waals surface area contributed by atoms with Crippen LogP contribution in [0.1, 0.15) is 34.8 Å². The van der Waals surface area contributed by atoms with Gasteiger partial charge in [0.15, 0.2) is 0 Å². The Morgan fingerprint density at radius 1 is 1.06 bits per heavy atom. The lowest BCUT2D eigenvalue weighted by atomic mass is 9.89. The maximum atomic E-state index is 15.5. The Labute approximate surface area is 198 Å². The van der Waals surface area contributed by atoms with Crippen molar-refractivity contribution in [3.8, 4) is 16.8 Å². The Bertz CT molecular complexity index is 1580. The Hall–Kier alpha value is -4.04. The third-order valence-electron chi connectivity index (χ3n) is 6.74. The van der Waals surface area contributed by atoms with Crippen molar-refractivity contribution >= 4 is 27.8 Å². The maximum Gasteiger partial charge on any atom is 0.335 e. The molecule has 6 rings (SSSR count). The summed E-state index contributed by atoms with van der Waals surface area (Å²) in [6, 6.07) is 14.2. The van der Waals surface area contributed by atoms with E-state index in [-0.39, 0.29) is 17.3 Å². The van der Waals surface area contributed by atoms with Gasteiger partial charge in [0.1, 0.15) is 11.6 Å². The van der Waals surface area contributed by atoms with Gasteiger partial charge in [-0.1, -0.05) is 6.07 Å². The van der Waals surface area contributed by atoms with Gasteiger partial charge in [0, 0.05) is 52.4 Å². The summed E-state index contributed by atoms with van der Waals surface area (Å²) in [4.78, 5) is 11.4. The minimum Gasteiger partial charge on any atom is -0.478 e. The zero-order valence-corrected chi connectivity index (χ0v) is 18.6. The van der Waals surface area contributed by atoms with Crippen molar-refractivity contribution in [2.24, 2.45) is 0 Å². The number of carbonyl (C=O) groups is 1. The molecule has 0 bridgehead atoms. The number of rotatable bonds is 4. The summed E-state index contributed by atoms with van der Waals surface area (Å²) in [6.45, 7) is 1.17. The lowest BCUT2D eigenvalue weighted by molar-refractivity contribution is 0.0696. The third kappa shape index (κ3) is 3.57. The van der Waals surface area contributed by atoms with Crippen LogP contribution < -0.4 is 0 Å². The van der Waals surface area contributed by atoms with Crippen molar-refractivity contribution in [3.05, 3.63) is 83.7 Å². The number of ether oxygens (including phenoxy) is 1. The molecule has 0 saturated carbocycles. The lowest BCUT2D eigenvalue weighted by Gasteiger charge is -2.26. The Balaban J connectivity index is 1.74. The van der Waals surface area contributed by atoms with Crippen LogP contribution in [0.2, 0.25) is 0 Å². The minimum atomic E-state index is -1.19. The summed E-state index contributed by atoms with van der Waals surface area (Å²) >= 11 is 0. The molecule has 5 aromatic rings. The van der Waals surface area contributed by atoms with Gasteiger partial charge >= 0.3 is 5.97 Å². The van der Waals surface area contributed by atoms with Crippen molar-refractivity contribution in [1.82, 2.24) is 14.8 Å². The van der Waals surface area contributed by atoms with Gasteiger partial charge in [-0.3, -0.25) is 5.10 Å². The molecule has 6 nitrogen and oxygen atoms in total. The quantitative estimate of drug-likeness (QED) is 0.333. The number of nitrogens with one attached hydrogen (secondary N) is 1. The van der Waals surface area contributed by atoms with E-state index in [1.807, 2.05) is 12.1 Å². The van der Waals surface area contributed by atoms with Crippen LogP contribution in [0.4, 0.5) is 8.78 Å². The molecule has 8 heteroatoms. The second-order valence-electron chi connectivity index (χ2n) is 8.79. The smallest absolute Gasteiger partial charge is 0.335 e. The molecule has 3 heterocycles. The summed E-state index contributed by atoms with van der Waals surface area (Å²) in [7, 11) is 0. The number of aromatic carboxylic acids is 1. The monoisotopic (exact) mass is 473 g/mol. The summed E-state index contributed by atoms with van der Waals surface area (Å²) in [5.74, 6) is -2.08. The van der Waals surface area contributed by atoms with E-state index in [1.54, 1.807) is 18.3 Å². The zero-order chi connectivity index (χ0) is 24.1. The van der Waals surface area contributed by atoms with Crippen molar-refractivity contribution in [3.63, 3.8) is 0 Å². The van der Waals surface area contributed by atoms with Gasteiger partial charge in [-0.2, -0.15) is 5.10 Å². The van der Waals surface area contributed by atoms with Crippen molar-refractivity contribution in [2.45, 2.75) is 18.8 Å². The van der Waals surface area contributed by atoms with E-state index >= 15 is 4.39 Å². The molecular formula is C27H21F2N3O3. The molecule has 0 atom stereocenters. The lowest BCUT2D eigenvalue weighted by Crippen LogP contribution is -2.17. The first kappa shape index (κ1) is 21.5. The van der Waals surface area contributed by atoms with Crippen LogP contribution >= 0.6 is 0 Å². The first-order chi connectivity index (χ1) is 17.0. The molecule has 0 aliphatic carbocycles. The highest BCUT2D eigenvalue weighted by Crippen LogP contribution is 2.45. The highest BCUT2D eigenvalue weighted by Gasteiger charge is 2.29. The van der Waals surface area contributed by atoms with Gasteiger partial charge in [-0.05, 0) is 61.4 Å². The van der Waals surface area contributed by atoms with Crippen LogP contribution in [0.3, 0.4) is 0 Å². The summed E-state index contributed by atoms with van der Waals surface area (Å²) in [5, 5.41) is 18.2. The Morgan fingerprint density at radius 3 is 2.54 bits per heavy atom. The van der Waals surface area contributed by atoms with Gasteiger partial charge in [-0.15, -0.1) is 0 Å². The molecule has 1 fully saturated rings. The number of benzene rings is 3. The molecule has 35 heavy (non-hydrogen) atoms. The predicted molar refractivity (Wildman–Crippen MR) is 128 cm³/mol. The van der Waals surface area contributed by atoms with E-state index in [0.29, 0.717) is 24.3 Å². The molecule has 2 N–H and O–H groups in total. The normalized spacial score (nSPS) is 14.7. The minimum absolute atomic E-state index is 0.0613. The highest BCUT2D eigenvalue weighted by atomic mass is 19.1. The maximum absolute atomic E-state index is 15.5. The predicted octanol–water partition coefficient (Wildman–Crippen LogP) is 6.04. The number of fused-ring (bicyclic) bond motifs is 2. The van der Waals surface area contributed by atoms with E-state index < -0.39 is 11.8 Å². The van der Waals surface area contributed by atoms with Gasteiger partial charge in [0.2, 0.25) is 0 Å². The van der Waals surface area contributed by atoms with E-state index in [4.69, 9.17) is 4.74 Å². The van der Waals surface area contributed by atoms with Crippen molar-refractivity contribution < 1.29 is 23.4 Å². The second kappa shape index (κ2) is 8.32. The zero-order valence-electron chi connectivity index (χ0n) is 18.6. The molecule has 2 aromatic heterocycles. The van der Waals surface area contributed by atoms with E-state index in [9.17, 15) is 14.3 Å². The van der Waals surface area contributed by atoms with Crippen molar-refractivity contribution in [1.29, 1.82) is 0 Å². The largest absolute Gasteiger partial charge is 0.478 e. The fraction of sp³-hybridized carbons (Fsp3) is 0.185. The number of aromatic amines is 1. The topological polar surface area (TPSA) is 80.1 Å². The van der Waals surface area contributed by atoms with Crippen LogP contribution in [0.25, 0.3) is 38.6 Å². The molecule has 0 amide bonds. The summed E-state index contributed by atoms with van der Waals surface area (Å²) < 4.78 is 37.0. The third-order valence-corrected chi connectivity index (χ3v) is 6.74. The number of halogens is 2. The second-order valence-corrected chi connectivity index (χ2v) is 8.79. The molecule has 1 aliphatic heterocycles. The van der Waals surface area contributed by atoms with Gasteiger partial charge in [0.25, 0.3) is 0 Å². The molecule has 0 spiro atoms. The molecule has 1 aliphatic rings. The van der Waals surface area contributed by atoms with Gasteiger partial charge in [0.05, 0.1) is 22.8 Å². The molecule has 176 valence electrons. The number of hydrogen-bond acceptors (Lipinski definition) is 3. The molecule has 3 aromatic carbocycles. The number of carboxylic acid groups (broad SMARTS) is 1. The Kier molecular flexibility index (Phi) is 5.11. The SMILES string of the molecule is O=C(O)c1ccc(-c2c(C3CCOCC3)n(-c3ccc(F)cc3)c3cc4cn[nH]c4cc23)c(F)c1. The Morgan fingerprint density at radius 2 is 1.83 bits per heavy atom. The average Bonchev–Trinajstić information content (AvgIpc) is 3.45. The fourth-order valence-corrected chi connectivity index (χ4v) is 5.10. The van der Waals surface area contributed by atoms with Crippen LogP contribution in [-0.2, 0) is 4.74 Å². The van der Waals surface area contributed by atoms with E-state index in [1.165, 1.54) is 24.3 Å². The number of nitrogens with zero attached hydrogens (tertiary/aromatic N) is 2. The molecular weight excluding hydrogens is 452 g/mol. The van der Waals surface area contributed by atoms with Crippen LogP contribution in [0, 0.1) is 11.6 Å². The van der Waals surface area contributed by atoms with Crippen molar-refractivity contribution in [2.75, 3.05) is 13.2 Å². The van der Waals surface area contributed by atoms with Crippen LogP contribution in [0.15, 0.2) is 60.8 Å². The highest BCUT2D eigenvalue weighted by molar-refractivity contribution is 6.06. The summed E-state index contributed by atoms with van der Waals surface area (Å²) in [6.07, 6.45) is 3.23. The van der Waals surface area contributed by atoms with Crippen LogP contribution in [-0.4, -0.2) is 39.1 Å². The first-order valence-electron chi connectivity index (χ1n) is 11.4. The summed E-state index contributed by atoms with van der Waals surface area (Å²) in [5.41, 5.74) is 4.20. The van der Waals surface area contributed by atoms with Crippen LogP contribution in [0.5, 0.6) is 0 Å². The molecule has 0 unspecified atom stereocenters. The molecule has 1 saturated heterocycles. The number of H-pyrrole nitrogens is 1. The van der Waals surface area contributed by atoms with E-state index in [2.05, 4.69) is 14.8 Å². The average molecular weight is 473 g/mol. The number of carboxylic acids is 1. The van der Waals surface area contributed by atoms with E-state index in [0.717, 1.165) is 52.1 Å². The molecule has 0 radical (unpaired) electrons. The van der Waals surface area contributed by atoms with Gasteiger partial charge in [-0.25, -0.2) is 13.6 Å². The number of aromatic nitrogens is 3. The fourth-order valence-electron chi connectivity index (χ4n) is 5.10. The standard InChI is InChI=1S/C27H21F2N3O3/c28-18-2-4-19(5-3-18)32-24-12-17-14-30-31-23(17)13-21(24)25(26(32)15-7-9-35-10-8-15)20-6-1-16(27(33)34)11-22(20)29/h1-6,11-15H,7-10H2,(H,30,31)(H,33,34). The number of hydrogen-bond donors (Lipinski definition) is 2. The first-order valence-corrected chi connectivity index (χ1v) is 11.4. The van der Waals surface area contributed by atoms with Gasteiger partial charge < -0.3 is 14.4 Å².